The third-order valence-electron chi connectivity index (χ3n) is 4.45. The molecule has 0 radical (unpaired) electrons. The smallest absolute Gasteiger partial charge is 0.313 e. The standard InChI is InChI=1S/C9H11FO4/c1-3-8(6(11)12)4(2)9(3,5(8)10)7(13)14/h3-5H,1-2H3,(H,11,12)(H,13,14). The number of carbonyl (C=O) groups is 2. The monoisotopic (exact) mass is 202 g/mol. The molecule has 3 fully saturated rings. The van der Waals surface area contributed by atoms with Crippen molar-refractivity contribution in [2.24, 2.45) is 22.7 Å². The average Bonchev–Trinajstić information content (AvgIpc) is 2.04. The second-order valence-electron chi connectivity index (χ2n) is 4.28. The van der Waals surface area contributed by atoms with Crippen LogP contribution in [0, 0.1) is 22.7 Å². The van der Waals surface area contributed by atoms with E-state index >= 15 is 0 Å². The summed E-state index contributed by atoms with van der Waals surface area (Å²) in [6.07, 6.45) is -1.74. The lowest BCUT2D eigenvalue weighted by Crippen LogP contribution is -2.89. The molecule has 4 nitrogen and oxygen atoms in total. The quantitative estimate of drug-likeness (QED) is 0.693. The summed E-state index contributed by atoms with van der Waals surface area (Å²) in [6.45, 7) is 3.00. The fraction of sp³-hybridized carbons (Fsp3) is 0.778. The Hall–Kier alpha value is -1.13. The molecule has 0 aromatic carbocycles. The highest BCUT2D eigenvalue weighted by molar-refractivity contribution is 5.93. The van der Waals surface area contributed by atoms with E-state index in [-0.39, 0.29) is 0 Å². The predicted octanol–water partition coefficient (Wildman–Crippen LogP) is 0.766. The topological polar surface area (TPSA) is 74.6 Å². The molecular weight excluding hydrogens is 191 g/mol. The van der Waals surface area contributed by atoms with E-state index in [0.717, 1.165) is 0 Å². The van der Waals surface area contributed by atoms with Crippen molar-refractivity contribution in [2.45, 2.75) is 20.0 Å². The predicted molar refractivity (Wildman–Crippen MR) is 43.4 cm³/mol. The lowest BCUT2D eigenvalue weighted by atomic mass is 9.23. The molecule has 3 rings (SSSR count). The van der Waals surface area contributed by atoms with E-state index in [1.165, 1.54) is 13.8 Å². The summed E-state index contributed by atoms with van der Waals surface area (Å²) in [5.41, 5.74) is -2.89. The minimum Gasteiger partial charge on any atom is -0.481 e. The summed E-state index contributed by atoms with van der Waals surface area (Å²) in [4.78, 5) is 21.8. The molecule has 3 aliphatic carbocycles. The van der Waals surface area contributed by atoms with Crippen molar-refractivity contribution >= 4 is 11.9 Å². The van der Waals surface area contributed by atoms with Gasteiger partial charge in [0, 0.05) is 0 Å². The molecule has 14 heavy (non-hydrogen) atoms. The van der Waals surface area contributed by atoms with E-state index in [4.69, 9.17) is 10.2 Å². The summed E-state index contributed by atoms with van der Waals surface area (Å²) < 4.78 is 13.5. The van der Waals surface area contributed by atoms with Gasteiger partial charge >= 0.3 is 11.9 Å². The Labute approximate surface area is 79.7 Å². The maximum Gasteiger partial charge on any atom is 0.313 e. The highest BCUT2D eigenvalue weighted by Crippen LogP contribution is 2.81. The van der Waals surface area contributed by atoms with Crippen molar-refractivity contribution in [2.75, 3.05) is 0 Å². The van der Waals surface area contributed by atoms with Crippen LogP contribution >= 0.6 is 0 Å². The number of carboxylic acid groups (broad SMARTS) is 2. The third-order valence-corrected chi connectivity index (χ3v) is 4.45. The molecule has 0 aromatic rings. The van der Waals surface area contributed by atoms with E-state index < -0.39 is 40.8 Å². The van der Waals surface area contributed by atoms with E-state index in [1.807, 2.05) is 0 Å². The number of halogens is 1. The van der Waals surface area contributed by atoms with Gasteiger partial charge in [-0.25, -0.2) is 4.39 Å². The van der Waals surface area contributed by atoms with Gasteiger partial charge in [-0.2, -0.15) is 0 Å². The molecule has 3 saturated carbocycles. The van der Waals surface area contributed by atoms with Crippen LogP contribution in [0.15, 0.2) is 0 Å². The molecule has 0 saturated heterocycles. The minimum atomic E-state index is -1.74. The van der Waals surface area contributed by atoms with Crippen LogP contribution in [0.1, 0.15) is 13.8 Å². The molecule has 0 aliphatic heterocycles. The van der Waals surface area contributed by atoms with Gasteiger partial charge < -0.3 is 10.2 Å². The number of hydrogen-bond donors (Lipinski definition) is 2. The summed E-state index contributed by atoms with van der Waals surface area (Å²) in [6, 6.07) is 0. The van der Waals surface area contributed by atoms with Crippen LogP contribution in [0.4, 0.5) is 4.39 Å². The van der Waals surface area contributed by atoms with Crippen molar-refractivity contribution in [1.29, 1.82) is 0 Å². The molecular formula is C9H11FO4. The van der Waals surface area contributed by atoms with Crippen LogP contribution in [0.25, 0.3) is 0 Å². The highest BCUT2D eigenvalue weighted by Gasteiger charge is 2.93. The number of aliphatic carboxylic acids is 2. The number of carboxylic acids is 2. The van der Waals surface area contributed by atoms with Crippen LogP contribution in [0.2, 0.25) is 0 Å². The van der Waals surface area contributed by atoms with E-state index in [2.05, 4.69) is 0 Å². The first kappa shape index (κ1) is 9.43. The van der Waals surface area contributed by atoms with Gasteiger partial charge in [-0.05, 0) is 11.8 Å². The molecule has 5 heteroatoms. The fourth-order valence-corrected chi connectivity index (χ4v) is 3.48. The Morgan fingerprint density at radius 2 is 1.36 bits per heavy atom. The van der Waals surface area contributed by atoms with Crippen LogP contribution in [-0.4, -0.2) is 28.3 Å². The summed E-state index contributed by atoms with van der Waals surface area (Å²) in [5, 5.41) is 17.8. The lowest BCUT2D eigenvalue weighted by Gasteiger charge is -2.77. The van der Waals surface area contributed by atoms with Crippen LogP contribution < -0.4 is 0 Å². The maximum absolute atomic E-state index is 13.5. The summed E-state index contributed by atoms with van der Waals surface area (Å²) >= 11 is 0. The van der Waals surface area contributed by atoms with Gasteiger partial charge in [0.15, 0.2) is 0 Å². The first-order chi connectivity index (χ1) is 6.35. The Bertz CT molecular complexity index is 278. The van der Waals surface area contributed by atoms with E-state index in [1.54, 1.807) is 0 Å². The third kappa shape index (κ3) is 0.482. The average molecular weight is 202 g/mol. The van der Waals surface area contributed by atoms with Crippen molar-refractivity contribution < 1.29 is 24.2 Å². The normalized spacial score (nSPS) is 54.4. The Morgan fingerprint density at radius 3 is 1.50 bits per heavy atom. The number of hydrogen-bond acceptors (Lipinski definition) is 2. The largest absolute Gasteiger partial charge is 0.481 e. The van der Waals surface area contributed by atoms with Crippen molar-refractivity contribution in [1.82, 2.24) is 0 Å². The maximum atomic E-state index is 13.5. The SMILES string of the molecule is CC1C2(C(=O)O)C(C)C1(C(=O)O)C2F. The molecule has 0 atom stereocenters. The lowest BCUT2D eigenvalue weighted by molar-refractivity contribution is -0.355. The first-order valence-corrected chi connectivity index (χ1v) is 4.46. The van der Waals surface area contributed by atoms with Gasteiger partial charge in [-0.1, -0.05) is 13.8 Å². The van der Waals surface area contributed by atoms with Crippen molar-refractivity contribution in [3.05, 3.63) is 0 Å². The number of alkyl halides is 1. The summed E-state index contributed by atoms with van der Waals surface area (Å²) in [7, 11) is 0. The van der Waals surface area contributed by atoms with Gasteiger partial charge in [-0.15, -0.1) is 0 Å². The second-order valence-corrected chi connectivity index (χ2v) is 4.28. The van der Waals surface area contributed by atoms with Crippen LogP contribution in [0.5, 0.6) is 0 Å². The fourth-order valence-electron chi connectivity index (χ4n) is 3.48. The van der Waals surface area contributed by atoms with Gasteiger partial charge in [0.25, 0.3) is 0 Å². The zero-order valence-electron chi connectivity index (χ0n) is 7.82. The van der Waals surface area contributed by atoms with Gasteiger partial charge in [0.1, 0.15) is 17.0 Å². The summed E-state index contributed by atoms with van der Waals surface area (Å²) in [5.74, 6) is -3.66. The van der Waals surface area contributed by atoms with E-state index in [9.17, 15) is 14.0 Å². The molecule has 78 valence electrons. The second kappa shape index (κ2) is 2.10. The molecule has 0 amide bonds. The molecule has 0 aromatic heterocycles. The molecule has 0 heterocycles. The Balaban J connectivity index is 2.42. The zero-order valence-corrected chi connectivity index (χ0v) is 7.82. The van der Waals surface area contributed by atoms with Crippen LogP contribution in [0.3, 0.4) is 0 Å². The molecule has 2 bridgehead atoms. The highest BCUT2D eigenvalue weighted by atomic mass is 19.1. The van der Waals surface area contributed by atoms with Gasteiger partial charge in [0.2, 0.25) is 0 Å². The molecule has 2 N–H and O–H groups in total. The molecule has 3 aliphatic rings. The molecule has 0 unspecified atom stereocenters. The first-order valence-electron chi connectivity index (χ1n) is 4.46. The molecule has 0 spiro atoms. The van der Waals surface area contributed by atoms with Crippen LogP contribution in [-0.2, 0) is 9.59 Å². The van der Waals surface area contributed by atoms with Crippen molar-refractivity contribution in [3.63, 3.8) is 0 Å². The Kier molecular flexibility index (Phi) is 1.41. The van der Waals surface area contributed by atoms with Gasteiger partial charge in [0.05, 0.1) is 0 Å². The number of rotatable bonds is 2. The Morgan fingerprint density at radius 1 is 1.07 bits per heavy atom. The zero-order chi connectivity index (χ0) is 10.9. The van der Waals surface area contributed by atoms with Gasteiger partial charge in [-0.3, -0.25) is 9.59 Å². The van der Waals surface area contributed by atoms with Crippen molar-refractivity contribution in [3.8, 4) is 0 Å². The van der Waals surface area contributed by atoms with E-state index in [0.29, 0.717) is 0 Å². The minimum absolute atomic E-state index is 0.616.